The summed E-state index contributed by atoms with van der Waals surface area (Å²) >= 11 is 3.44. The molecule has 2 fully saturated rings. The first-order chi connectivity index (χ1) is 22.1. The van der Waals surface area contributed by atoms with E-state index < -0.39 is 29.4 Å². The van der Waals surface area contributed by atoms with Crippen LogP contribution in [0.1, 0.15) is 62.4 Å². The second-order valence-corrected chi connectivity index (χ2v) is 13.1. The molecule has 2 heterocycles. The number of halogens is 1. The molecule has 3 N–H and O–H groups in total. The Bertz CT molecular complexity index is 1690. The van der Waals surface area contributed by atoms with E-state index in [4.69, 9.17) is 4.42 Å². The van der Waals surface area contributed by atoms with Gasteiger partial charge in [-0.05, 0) is 80.2 Å². The molecule has 0 radical (unpaired) electrons. The lowest BCUT2D eigenvalue weighted by Crippen LogP contribution is -2.50. The first-order valence-electron chi connectivity index (χ1n) is 15.7. The summed E-state index contributed by atoms with van der Waals surface area (Å²) in [5.41, 5.74) is -0.0759. The molecule has 3 amide bonds. The van der Waals surface area contributed by atoms with Crippen LogP contribution in [0.3, 0.4) is 0 Å². The van der Waals surface area contributed by atoms with Crippen molar-refractivity contribution in [3.8, 4) is 0 Å². The first-order valence-corrected chi connectivity index (χ1v) is 16.4. The van der Waals surface area contributed by atoms with Crippen molar-refractivity contribution in [1.29, 1.82) is 0 Å². The van der Waals surface area contributed by atoms with Gasteiger partial charge in [0, 0.05) is 28.2 Å². The maximum absolute atomic E-state index is 13.5. The van der Waals surface area contributed by atoms with Crippen molar-refractivity contribution in [3.05, 3.63) is 75.3 Å². The van der Waals surface area contributed by atoms with Crippen LogP contribution in [0.5, 0.6) is 0 Å². The molecule has 5 atom stereocenters. The van der Waals surface area contributed by atoms with E-state index in [9.17, 15) is 24.0 Å². The number of fused-ring (bicyclic) bond motifs is 3. The van der Waals surface area contributed by atoms with Crippen molar-refractivity contribution < 1.29 is 28.3 Å². The highest BCUT2D eigenvalue weighted by Gasteiger charge is 2.38. The molecule has 11 nitrogen and oxygen atoms in total. The number of hydrogen-bond donors (Lipinski definition) is 3. The number of rotatable bonds is 11. The molecule has 5 rings (SSSR count). The van der Waals surface area contributed by atoms with Crippen LogP contribution in [0.4, 0.5) is 5.69 Å². The van der Waals surface area contributed by atoms with Gasteiger partial charge in [-0.15, -0.1) is 0 Å². The third-order valence-corrected chi connectivity index (χ3v) is 9.69. The quantitative estimate of drug-likeness (QED) is 0.190. The number of benzene rings is 1. The summed E-state index contributed by atoms with van der Waals surface area (Å²) in [6.07, 6.45) is 10.4. The van der Waals surface area contributed by atoms with Crippen molar-refractivity contribution in [2.75, 3.05) is 12.4 Å². The molecule has 0 aliphatic heterocycles. The van der Waals surface area contributed by atoms with Crippen molar-refractivity contribution in [2.24, 2.45) is 17.8 Å². The molecule has 0 saturated heterocycles. The predicted molar refractivity (Wildman–Crippen MR) is 176 cm³/mol. The number of nitrogens with zero attached hydrogens (tertiary/aromatic N) is 1. The highest BCUT2D eigenvalue weighted by Crippen LogP contribution is 2.42. The molecule has 2 saturated carbocycles. The number of methoxy groups -OCH3 is 1. The van der Waals surface area contributed by atoms with Gasteiger partial charge in [0.05, 0.1) is 7.11 Å². The van der Waals surface area contributed by atoms with Gasteiger partial charge in [0.1, 0.15) is 23.9 Å². The van der Waals surface area contributed by atoms with Crippen LogP contribution in [-0.2, 0) is 25.7 Å². The average Bonchev–Trinajstić information content (AvgIpc) is 3.48. The lowest BCUT2D eigenvalue weighted by Gasteiger charge is -2.44. The third kappa shape index (κ3) is 7.96. The molecule has 2 aliphatic rings. The minimum Gasteiger partial charge on any atom is -0.466 e. The SMILES string of the molecule is COC(=O)/C=C/CC[C@H](NC(=O)c1cc2c(Br)cccc2o1)C(=O)Nc1cccn(CC(=O)NC2C(C)CC3CCCC2C3)c1=O. The predicted octanol–water partition coefficient (Wildman–Crippen LogP) is 4.93. The summed E-state index contributed by atoms with van der Waals surface area (Å²) in [4.78, 5) is 64.5. The molecular formula is C34H39BrN4O7. The van der Waals surface area contributed by atoms with Gasteiger partial charge in [-0.1, -0.05) is 47.8 Å². The largest absolute Gasteiger partial charge is 0.466 e. The van der Waals surface area contributed by atoms with Crippen molar-refractivity contribution in [1.82, 2.24) is 15.2 Å². The van der Waals surface area contributed by atoms with E-state index in [1.807, 2.05) is 6.07 Å². The van der Waals surface area contributed by atoms with E-state index >= 15 is 0 Å². The number of carbonyl (C=O) groups is 4. The van der Waals surface area contributed by atoms with Gasteiger partial charge >= 0.3 is 5.97 Å². The Labute approximate surface area is 275 Å². The van der Waals surface area contributed by atoms with Gasteiger partial charge in [0.15, 0.2) is 5.76 Å². The number of esters is 1. The Balaban J connectivity index is 1.27. The van der Waals surface area contributed by atoms with E-state index in [0.29, 0.717) is 22.8 Å². The lowest BCUT2D eigenvalue weighted by molar-refractivity contribution is -0.134. The lowest BCUT2D eigenvalue weighted by atomic mass is 9.65. The number of carbonyl (C=O) groups excluding carboxylic acids is 4. The molecule has 4 unspecified atom stereocenters. The fourth-order valence-corrected chi connectivity index (χ4v) is 7.24. The van der Waals surface area contributed by atoms with Gasteiger partial charge in [-0.25, -0.2) is 4.79 Å². The van der Waals surface area contributed by atoms with Gasteiger partial charge in [-0.3, -0.25) is 19.2 Å². The zero-order chi connectivity index (χ0) is 32.8. The number of allylic oxidation sites excluding steroid dienone is 1. The van der Waals surface area contributed by atoms with E-state index in [0.717, 1.165) is 29.7 Å². The molecule has 12 heteroatoms. The average molecular weight is 696 g/mol. The van der Waals surface area contributed by atoms with Crippen molar-refractivity contribution >= 4 is 56.3 Å². The topological polar surface area (TPSA) is 149 Å². The summed E-state index contributed by atoms with van der Waals surface area (Å²) in [6.45, 7) is 2.01. The summed E-state index contributed by atoms with van der Waals surface area (Å²) in [5.74, 6) is -0.463. The Kier molecular flexibility index (Phi) is 10.8. The first kappa shape index (κ1) is 33.2. The molecule has 244 valence electrons. The summed E-state index contributed by atoms with van der Waals surface area (Å²) in [7, 11) is 1.26. The minimum absolute atomic E-state index is 0.00825. The number of pyridine rings is 1. The Morgan fingerprint density at radius 1 is 1.15 bits per heavy atom. The van der Waals surface area contributed by atoms with Gasteiger partial charge in [0.25, 0.3) is 11.5 Å². The van der Waals surface area contributed by atoms with E-state index in [1.54, 1.807) is 24.3 Å². The fourth-order valence-electron chi connectivity index (χ4n) is 6.78. The van der Waals surface area contributed by atoms with Crippen LogP contribution in [0, 0.1) is 17.8 Å². The van der Waals surface area contributed by atoms with Crippen LogP contribution >= 0.6 is 15.9 Å². The molecule has 1 aromatic carbocycles. The zero-order valence-electron chi connectivity index (χ0n) is 25.9. The van der Waals surface area contributed by atoms with E-state index in [2.05, 4.69) is 43.5 Å². The zero-order valence-corrected chi connectivity index (χ0v) is 27.5. The number of furan rings is 1. The Morgan fingerprint density at radius 2 is 1.98 bits per heavy atom. The monoisotopic (exact) mass is 694 g/mol. The molecule has 2 bridgehead atoms. The standard InChI is InChI=1S/C34H39BrN4O7/c1-20-16-21-8-5-9-22(17-21)31(20)38-29(40)19-39-15-7-12-26(34(39)44)37-32(42)25(11-3-4-14-30(41)45-2)36-33(43)28-18-23-24(35)10-6-13-27(23)46-28/h4,6-7,10,12-15,18,20-22,25,31H,3,5,8-9,11,16-17,19H2,1-2H3,(H,36,43)(H,37,42)(H,38,40)/b14-4+/t20?,21?,22?,25-,31?/m0/s1. The minimum atomic E-state index is -1.09. The number of hydrogen-bond acceptors (Lipinski definition) is 7. The van der Waals surface area contributed by atoms with Gasteiger partial charge < -0.3 is 29.7 Å². The van der Waals surface area contributed by atoms with Gasteiger partial charge in [0.2, 0.25) is 11.8 Å². The highest BCUT2D eigenvalue weighted by molar-refractivity contribution is 9.10. The number of amides is 3. The molecule has 0 spiro atoms. The van der Waals surface area contributed by atoms with E-state index in [1.165, 1.54) is 48.9 Å². The summed E-state index contributed by atoms with van der Waals surface area (Å²) in [6, 6.07) is 8.93. The molecule has 2 aromatic heterocycles. The second-order valence-electron chi connectivity index (χ2n) is 12.2. The number of anilines is 1. The molecule has 3 aromatic rings. The van der Waals surface area contributed by atoms with Gasteiger partial charge in [-0.2, -0.15) is 0 Å². The fraction of sp³-hybridized carbons (Fsp3) is 0.441. The molecular weight excluding hydrogens is 656 g/mol. The van der Waals surface area contributed by atoms with Crippen LogP contribution in [0.15, 0.2) is 68.4 Å². The molecule has 46 heavy (non-hydrogen) atoms. The van der Waals surface area contributed by atoms with Crippen LogP contribution < -0.4 is 21.5 Å². The van der Waals surface area contributed by atoms with Crippen LogP contribution in [0.25, 0.3) is 11.0 Å². The Hall–Kier alpha value is -4.19. The maximum atomic E-state index is 13.5. The maximum Gasteiger partial charge on any atom is 0.330 e. The van der Waals surface area contributed by atoms with E-state index in [-0.39, 0.29) is 42.8 Å². The highest BCUT2D eigenvalue weighted by atomic mass is 79.9. The number of ether oxygens (including phenoxy) is 1. The summed E-state index contributed by atoms with van der Waals surface area (Å²) < 4.78 is 12.3. The second kappa shape index (κ2) is 14.9. The smallest absolute Gasteiger partial charge is 0.330 e. The van der Waals surface area contributed by atoms with Crippen molar-refractivity contribution in [3.63, 3.8) is 0 Å². The van der Waals surface area contributed by atoms with Crippen LogP contribution in [0.2, 0.25) is 0 Å². The van der Waals surface area contributed by atoms with Crippen molar-refractivity contribution in [2.45, 2.75) is 70.5 Å². The Morgan fingerprint density at radius 3 is 2.76 bits per heavy atom. The third-order valence-electron chi connectivity index (χ3n) is 9.00. The molecule has 2 aliphatic carbocycles. The number of aromatic nitrogens is 1. The van der Waals surface area contributed by atoms with Crippen LogP contribution in [-0.4, -0.2) is 47.5 Å². The normalized spacial score (nSPS) is 21.5. The summed E-state index contributed by atoms with van der Waals surface area (Å²) in [5, 5.41) is 9.19. The number of nitrogens with one attached hydrogen (secondary N) is 3.